The van der Waals surface area contributed by atoms with Crippen LogP contribution in [0.4, 0.5) is 0 Å². The second-order valence-corrected chi connectivity index (χ2v) is 5.66. The summed E-state index contributed by atoms with van der Waals surface area (Å²) in [5.41, 5.74) is 0.715. The average molecular weight is 369 g/mol. The van der Waals surface area contributed by atoms with Gasteiger partial charge in [0.05, 0.1) is 5.56 Å². The fourth-order valence-corrected chi connectivity index (χ4v) is 2.15. The van der Waals surface area contributed by atoms with Crippen LogP contribution < -0.4 is 0 Å². The zero-order valence-corrected chi connectivity index (χ0v) is 13.4. The van der Waals surface area contributed by atoms with Gasteiger partial charge in [0.2, 0.25) is 5.78 Å². The standard InChI is InChI=1S/C15H11BrClNO3/c1-9(14(19)10-2-4-13(17)5-3-10)21-15(20)11-6-12(16)8-18-7-11/h2-9H,1H3. The minimum Gasteiger partial charge on any atom is -0.451 e. The smallest absolute Gasteiger partial charge is 0.340 e. The molecule has 0 N–H and O–H groups in total. The summed E-state index contributed by atoms with van der Waals surface area (Å²) < 4.78 is 5.82. The fourth-order valence-electron chi connectivity index (χ4n) is 1.65. The molecule has 4 nitrogen and oxygen atoms in total. The minimum atomic E-state index is -0.891. The molecular weight excluding hydrogens is 358 g/mol. The second kappa shape index (κ2) is 6.83. The molecule has 0 saturated heterocycles. The van der Waals surface area contributed by atoms with Gasteiger partial charge < -0.3 is 4.74 Å². The van der Waals surface area contributed by atoms with Crippen LogP contribution >= 0.6 is 27.5 Å². The van der Waals surface area contributed by atoms with Crippen molar-refractivity contribution in [2.75, 3.05) is 0 Å². The van der Waals surface area contributed by atoms with E-state index in [9.17, 15) is 9.59 Å². The molecule has 0 aliphatic rings. The van der Waals surface area contributed by atoms with Gasteiger partial charge in [-0.1, -0.05) is 11.6 Å². The van der Waals surface area contributed by atoms with Crippen molar-refractivity contribution in [2.45, 2.75) is 13.0 Å². The minimum absolute atomic E-state index is 0.278. The summed E-state index contributed by atoms with van der Waals surface area (Å²) in [6.45, 7) is 1.53. The van der Waals surface area contributed by atoms with Gasteiger partial charge in [-0.25, -0.2) is 4.79 Å². The Morgan fingerprint density at radius 2 is 1.86 bits per heavy atom. The number of esters is 1. The first-order chi connectivity index (χ1) is 9.97. The van der Waals surface area contributed by atoms with Gasteiger partial charge in [0.15, 0.2) is 6.10 Å². The number of rotatable bonds is 4. The zero-order valence-electron chi connectivity index (χ0n) is 11.0. The Hall–Kier alpha value is -1.72. The van der Waals surface area contributed by atoms with E-state index in [2.05, 4.69) is 20.9 Å². The van der Waals surface area contributed by atoms with Crippen molar-refractivity contribution in [3.8, 4) is 0 Å². The molecule has 0 aliphatic heterocycles. The molecule has 108 valence electrons. The lowest BCUT2D eigenvalue weighted by Crippen LogP contribution is -2.24. The lowest BCUT2D eigenvalue weighted by Gasteiger charge is -2.12. The fraction of sp³-hybridized carbons (Fsp3) is 0.133. The van der Waals surface area contributed by atoms with Crippen molar-refractivity contribution in [3.05, 3.63) is 63.3 Å². The molecule has 2 rings (SSSR count). The topological polar surface area (TPSA) is 56.3 Å². The van der Waals surface area contributed by atoms with Gasteiger partial charge in [0.25, 0.3) is 0 Å². The Bertz CT molecular complexity index is 673. The van der Waals surface area contributed by atoms with E-state index >= 15 is 0 Å². The normalized spacial score (nSPS) is 11.8. The highest BCUT2D eigenvalue weighted by Crippen LogP contribution is 2.15. The third kappa shape index (κ3) is 4.12. The highest BCUT2D eigenvalue weighted by Gasteiger charge is 2.20. The number of carbonyl (C=O) groups excluding carboxylic acids is 2. The summed E-state index contributed by atoms with van der Waals surface area (Å²) in [5.74, 6) is -0.887. The number of nitrogens with zero attached hydrogens (tertiary/aromatic N) is 1. The molecule has 21 heavy (non-hydrogen) atoms. The maximum absolute atomic E-state index is 12.1. The number of ketones is 1. The zero-order chi connectivity index (χ0) is 15.4. The van der Waals surface area contributed by atoms with Crippen molar-refractivity contribution in [2.24, 2.45) is 0 Å². The molecule has 1 unspecified atom stereocenters. The predicted octanol–water partition coefficient (Wildman–Crippen LogP) is 3.93. The van der Waals surface area contributed by atoms with Crippen LogP contribution in [0.5, 0.6) is 0 Å². The number of hydrogen-bond acceptors (Lipinski definition) is 4. The lowest BCUT2D eigenvalue weighted by molar-refractivity contribution is 0.0318. The predicted molar refractivity (Wildman–Crippen MR) is 82.6 cm³/mol. The maximum Gasteiger partial charge on any atom is 0.340 e. The van der Waals surface area contributed by atoms with E-state index in [1.807, 2.05) is 0 Å². The first-order valence-corrected chi connectivity index (χ1v) is 7.26. The molecule has 0 bridgehead atoms. The van der Waals surface area contributed by atoms with Crippen molar-refractivity contribution in [1.29, 1.82) is 0 Å². The molecule has 0 radical (unpaired) electrons. The third-order valence-corrected chi connectivity index (χ3v) is 3.41. The number of hydrogen-bond donors (Lipinski definition) is 0. The molecule has 1 aromatic carbocycles. The Kier molecular flexibility index (Phi) is 5.09. The molecule has 0 fully saturated rings. The van der Waals surface area contributed by atoms with Gasteiger partial charge >= 0.3 is 5.97 Å². The van der Waals surface area contributed by atoms with Crippen LogP contribution in [0.25, 0.3) is 0 Å². The number of ether oxygens (including phenoxy) is 1. The summed E-state index contributed by atoms with van der Waals surface area (Å²) in [6.07, 6.45) is 2.05. The number of carbonyl (C=O) groups is 2. The van der Waals surface area contributed by atoms with Crippen LogP contribution in [0, 0.1) is 0 Å². The van der Waals surface area contributed by atoms with Crippen LogP contribution in [-0.2, 0) is 4.74 Å². The molecular formula is C15H11BrClNO3. The average Bonchev–Trinajstić information content (AvgIpc) is 2.47. The van der Waals surface area contributed by atoms with Gasteiger partial charge in [0.1, 0.15) is 0 Å². The van der Waals surface area contributed by atoms with Crippen molar-refractivity contribution in [1.82, 2.24) is 4.98 Å². The maximum atomic E-state index is 12.1. The van der Waals surface area contributed by atoms with Crippen LogP contribution in [0.3, 0.4) is 0 Å². The van der Waals surface area contributed by atoms with E-state index < -0.39 is 12.1 Å². The van der Waals surface area contributed by atoms with E-state index in [4.69, 9.17) is 16.3 Å². The number of pyridine rings is 1. The van der Waals surface area contributed by atoms with E-state index in [0.717, 1.165) is 0 Å². The van der Waals surface area contributed by atoms with Gasteiger partial charge in [0, 0.05) is 27.5 Å². The summed E-state index contributed by atoms with van der Waals surface area (Å²) in [6, 6.07) is 7.99. The van der Waals surface area contributed by atoms with Crippen LogP contribution in [0.2, 0.25) is 5.02 Å². The molecule has 1 aromatic heterocycles. The largest absolute Gasteiger partial charge is 0.451 e. The van der Waals surface area contributed by atoms with E-state index in [1.54, 1.807) is 36.5 Å². The van der Waals surface area contributed by atoms with Gasteiger partial charge in [-0.3, -0.25) is 9.78 Å². The Labute approximate surface area is 135 Å². The number of benzene rings is 1. The molecule has 0 saturated carbocycles. The molecule has 1 heterocycles. The quantitative estimate of drug-likeness (QED) is 0.606. The summed E-state index contributed by atoms with van der Waals surface area (Å²) in [7, 11) is 0. The Morgan fingerprint density at radius 1 is 1.19 bits per heavy atom. The SMILES string of the molecule is CC(OC(=O)c1cncc(Br)c1)C(=O)c1ccc(Cl)cc1. The van der Waals surface area contributed by atoms with Crippen LogP contribution in [-0.4, -0.2) is 22.8 Å². The van der Waals surface area contributed by atoms with Crippen LogP contribution in [0.1, 0.15) is 27.6 Å². The van der Waals surface area contributed by atoms with E-state index in [1.165, 1.54) is 13.1 Å². The first-order valence-electron chi connectivity index (χ1n) is 6.08. The molecule has 0 aliphatic carbocycles. The van der Waals surface area contributed by atoms with Crippen molar-refractivity contribution in [3.63, 3.8) is 0 Å². The second-order valence-electron chi connectivity index (χ2n) is 4.31. The van der Waals surface area contributed by atoms with Crippen molar-refractivity contribution < 1.29 is 14.3 Å². The Balaban J connectivity index is 2.07. The number of aromatic nitrogens is 1. The van der Waals surface area contributed by atoms with E-state index in [0.29, 0.717) is 15.1 Å². The van der Waals surface area contributed by atoms with Gasteiger partial charge in [-0.15, -0.1) is 0 Å². The monoisotopic (exact) mass is 367 g/mol. The molecule has 0 spiro atoms. The van der Waals surface area contributed by atoms with Crippen molar-refractivity contribution >= 4 is 39.3 Å². The first kappa shape index (κ1) is 15.7. The molecule has 1 atom stereocenters. The summed E-state index contributed by atoms with van der Waals surface area (Å²) >= 11 is 8.99. The lowest BCUT2D eigenvalue weighted by atomic mass is 10.1. The summed E-state index contributed by atoms with van der Waals surface area (Å²) in [4.78, 5) is 28.0. The number of halogens is 2. The Morgan fingerprint density at radius 3 is 2.48 bits per heavy atom. The summed E-state index contributed by atoms with van der Waals surface area (Å²) in [5, 5.41) is 0.538. The highest BCUT2D eigenvalue weighted by atomic mass is 79.9. The molecule has 2 aromatic rings. The van der Waals surface area contributed by atoms with Gasteiger partial charge in [-0.05, 0) is 53.2 Å². The number of Topliss-reactive ketones (excluding diaryl/α,β-unsaturated/α-hetero) is 1. The van der Waals surface area contributed by atoms with Crippen LogP contribution in [0.15, 0.2) is 47.2 Å². The third-order valence-electron chi connectivity index (χ3n) is 2.72. The molecule has 6 heteroatoms. The van der Waals surface area contributed by atoms with E-state index in [-0.39, 0.29) is 11.3 Å². The highest BCUT2D eigenvalue weighted by molar-refractivity contribution is 9.10. The molecule has 0 amide bonds. The van der Waals surface area contributed by atoms with Gasteiger partial charge in [-0.2, -0.15) is 0 Å².